The molecule has 0 radical (unpaired) electrons. The molecule has 2 aromatic rings. The Morgan fingerprint density at radius 2 is 2.11 bits per heavy atom. The number of aliphatic hydroxyl groups is 1. The predicted molar refractivity (Wildman–Crippen MR) is 75.5 cm³/mol. The van der Waals surface area contributed by atoms with E-state index in [1.165, 1.54) is 5.56 Å². The molecule has 0 saturated heterocycles. The predicted octanol–water partition coefficient (Wildman–Crippen LogP) is 3.44. The molecule has 0 bridgehead atoms. The maximum atomic E-state index is 8.94. The molecule has 0 fully saturated rings. The summed E-state index contributed by atoms with van der Waals surface area (Å²) in [7, 11) is 1.66. The lowest BCUT2D eigenvalue weighted by Crippen LogP contribution is -1.90. The first-order valence-corrected chi connectivity index (χ1v) is 6.65. The van der Waals surface area contributed by atoms with E-state index in [2.05, 4.69) is 13.0 Å². The molecule has 0 unspecified atom stereocenters. The molecule has 0 saturated carbocycles. The van der Waals surface area contributed by atoms with Crippen LogP contribution in [0.3, 0.4) is 0 Å². The largest absolute Gasteiger partial charge is 0.497 e. The highest BCUT2D eigenvalue weighted by Gasteiger charge is 2.11. The van der Waals surface area contributed by atoms with Crippen molar-refractivity contribution in [2.45, 2.75) is 26.2 Å². The van der Waals surface area contributed by atoms with Crippen molar-refractivity contribution >= 4 is 0 Å². The van der Waals surface area contributed by atoms with Crippen LogP contribution in [0, 0.1) is 0 Å². The number of methoxy groups -OCH3 is 1. The molecule has 3 nitrogen and oxygen atoms in total. The van der Waals surface area contributed by atoms with E-state index < -0.39 is 0 Å². The average Bonchev–Trinajstić information content (AvgIpc) is 2.88. The van der Waals surface area contributed by atoms with E-state index in [4.69, 9.17) is 14.3 Å². The van der Waals surface area contributed by atoms with Gasteiger partial charge in [0.1, 0.15) is 17.3 Å². The molecule has 102 valence electrons. The molecule has 1 N–H and O–H groups in total. The molecule has 2 rings (SSSR count). The van der Waals surface area contributed by atoms with Crippen LogP contribution in [0.15, 0.2) is 34.7 Å². The summed E-state index contributed by atoms with van der Waals surface area (Å²) < 4.78 is 11.1. The summed E-state index contributed by atoms with van der Waals surface area (Å²) in [5.41, 5.74) is 2.21. The van der Waals surface area contributed by atoms with Crippen LogP contribution >= 0.6 is 0 Å². The second kappa shape index (κ2) is 6.43. The third-order valence-corrected chi connectivity index (χ3v) is 3.18. The van der Waals surface area contributed by atoms with Gasteiger partial charge in [-0.15, -0.1) is 0 Å². The SMILES string of the molecule is CCc1oc(-c2cccc(OC)c2)cc1CCCO. The summed E-state index contributed by atoms with van der Waals surface area (Å²) in [4.78, 5) is 0. The van der Waals surface area contributed by atoms with Crippen LogP contribution in [-0.2, 0) is 12.8 Å². The highest BCUT2D eigenvalue weighted by molar-refractivity contribution is 5.61. The van der Waals surface area contributed by atoms with Crippen molar-refractivity contribution < 1.29 is 14.3 Å². The van der Waals surface area contributed by atoms with Crippen LogP contribution in [0.5, 0.6) is 5.75 Å². The summed E-state index contributed by atoms with van der Waals surface area (Å²) in [6.45, 7) is 2.29. The maximum Gasteiger partial charge on any atom is 0.134 e. The first-order valence-electron chi connectivity index (χ1n) is 6.65. The zero-order chi connectivity index (χ0) is 13.7. The zero-order valence-electron chi connectivity index (χ0n) is 11.5. The molecule has 0 spiro atoms. The molecule has 1 heterocycles. The minimum absolute atomic E-state index is 0.211. The van der Waals surface area contributed by atoms with E-state index in [0.29, 0.717) is 0 Å². The summed E-state index contributed by atoms with van der Waals surface area (Å²) in [5.74, 6) is 2.69. The van der Waals surface area contributed by atoms with Crippen molar-refractivity contribution in [1.29, 1.82) is 0 Å². The van der Waals surface area contributed by atoms with Crippen LogP contribution < -0.4 is 4.74 Å². The summed E-state index contributed by atoms with van der Waals surface area (Å²) in [5, 5.41) is 8.94. The van der Waals surface area contributed by atoms with E-state index in [1.807, 2.05) is 24.3 Å². The molecule has 0 aliphatic carbocycles. The number of ether oxygens (including phenoxy) is 1. The first kappa shape index (κ1) is 13.7. The fourth-order valence-corrected chi connectivity index (χ4v) is 2.17. The van der Waals surface area contributed by atoms with E-state index in [1.54, 1.807) is 7.11 Å². The summed E-state index contributed by atoms with van der Waals surface area (Å²) in [6.07, 6.45) is 2.49. The highest BCUT2D eigenvalue weighted by Crippen LogP contribution is 2.29. The first-order chi connectivity index (χ1) is 9.28. The van der Waals surface area contributed by atoms with Gasteiger partial charge < -0.3 is 14.3 Å². The number of aliphatic hydroxyl groups excluding tert-OH is 1. The molecule has 0 amide bonds. The van der Waals surface area contributed by atoms with E-state index in [-0.39, 0.29) is 6.61 Å². The highest BCUT2D eigenvalue weighted by atomic mass is 16.5. The van der Waals surface area contributed by atoms with Crippen LogP contribution in [-0.4, -0.2) is 18.8 Å². The lowest BCUT2D eigenvalue weighted by Gasteiger charge is -2.01. The van der Waals surface area contributed by atoms with Crippen LogP contribution in [0.25, 0.3) is 11.3 Å². The maximum absolute atomic E-state index is 8.94. The van der Waals surface area contributed by atoms with Crippen molar-refractivity contribution in [2.24, 2.45) is 0 Å². The third kappa shape index (κ3) is 3.18. The fourth-order valence-electron chi connectivity index (χ4n) is 2.17. The normalized spacial score (nSPS) is 10.7. The van der Waals surface area contributed by atoms with Gasteiger partial charge in [-0.2, -0.15) is 0 Å². The Hall–Kier alpha value is -1.74. The zero-order valence-corrected chi connectivity index (χ0v) is 11.5. The monoisotopic (exact) mass is 260 g/mol. The van der Waals surface area contributed by atoms with Gasteiger partial charge in [-0.1, -0.05) is 19.1 Å². The summed E-state index contributed by atoms with van der Waals surface area (Å²) >= 11 is 0. The topological polar surface area (TPSA) is 42.6 Å². The van der Waals surface area contributed by atoms with Gasteiger partial charge in [0.05, 0.1) is 7.11 Å². The molecular formula is C16H20O3. The molecule has 0 aliphatic heterocycles. The summed E-state index contributed by atoms with van der Waals surface area (Å²) in [6, 6.07) is 9.92. The molecule has 0 atom stereocenters. The van der Waals surface area contributed by atoms with Crippen molar-refractivity contribution in [3.8, 4) is 17.1 Å². The van der Waals surface area contributed by atoms with Crippen molar-refractivity contribution in [3.05, 3.63) is 41.7 Å². The van der Waals surface area contributed by atoms with Gasteiger partial charge in [-0.25, -0.2) is 0 Å². The Morgan fingerprint density at radius 3 is 2.79 bits per heavy atom. The Morgan fingerprint density at radius 1 is 1.26 bits per heavy atom. The van der Waals surface area contributed by atoms with Crippen LogP contribution in [0.4, 0.5) is 0 Å². The lowest BCUT2D eigenvalue weighted by molar-refractivity contribution is 0.288. The van der Waals surface area contributed by atoms with Gasteiger partial charge in [0.2, 0.25) is 0 Å². The number of hydrogen-bond donors (Lipinski definition) is 1. The van der Waals surface area contributed by atoms with Crippen molar-refractivity contribution in [2.75, 3.05) is 13.7 Å². The standard InChI is InChI=1S/C16H20O3/c1-3-15-13(7-5-9-17)11-16(19-15)12-6-4-8-14(10-12)18-2/h4,6,8,10-11,17H,3,5,7,9H2,1-2H3. The second-order valence-electron chi connectivity index (χ2n) is 4.47. The van der Waals surface area contributed by atoms with Crippen LogP contribution in [0.2, 0.25) is 0 Å². The molecular weight excluding hydrogens is 240 g/mol. The minimum atomic E-state index is 0.211. The number of aryl methyl sites for hydroxylation is 2. The Bertz CT molecular complexity index is 529. The second-order valence-corrected chi connectivity index (χ2v) is 4.47. The van der Waals surface area contributed by atoms with Gasteiger partial charge in [0, 0.05) is 18.6 Å². The van der Waals surface area contributed by atoms with Crippen LogP contribution in [0.1, 0.15) is 24.7 Å². The third-order valence-electron chi connectivity index (χ3n) is 3.18. The average molecular weight is 260 g/mol. The van der Waals surface area contributed by atoms with Gasteiger partial charge in [0.25, 0.3) is 0 Å². The Kier molecular flexibility index (Phi) is 4.63. The van der Waals surface area contributed by atoms with Gasteiger partial charge >= 0.3 is 0 Å². The van der Waals surface area contributed by atoms with Gasteiger partial charge in [0.15, 0.2) is 0 Å². The Labute approximate surface area is 113 Å². The number of rotatable bonds is 6. The molecule has 1 aromatic carbocycles. The number of furan rings is 1. The van der Waals surface area contributed by atoms with Crippen molar-refractivity contribution in [3.63, 3.8) is 0 Å². The smallest absolute Gasteiger partial charge is 0.134 e. The fraction of sp³-hybridized carbons (Fsp3) is 0.375. The number of hydrogen-bond acceptors (Lipinski definition) is 3. The quantitative estimate of drug-likeness (QED) is 0.865. The molecule has 1 aromatic heterocycles. The lowest BCUT2D eigenvalue weighted by atomic mass is 10.1. The number of benzene rings is 1. The minimum Gasteiger partial charge on any atom is -0.497 e. The van der Waals surface area contributed by atoms with Gasteiger partial charge in [-0.05, 0) is 36.6 Å². The van der Waals surface area contributed by atoms with E-state index in [0.717, 1.165) is 42.1 Å². The van der Waals surface area contributed by atoms with Gasteiger partial charge in [-0.3, -0.25) is 0 Å². The molecule has 19 heavy (non-hydrogen) atoms. The van der Waals surface area contributed by atoms with E-state index in [9.17, 15) is 0 Å². The Balaban J connectivity index is 2.31. The van der Waals surface area contributed by atoms with Crippen molar-refractivity contribution in [1.82, 2.24) is 0 Å². The molecule has 0 aliphatic rings. The van der Waals surface area contributed by atoms with E-state index >= 15 is 0 Å². The molecule has 3 heteroatoms.